The summed E-state index contributed by atoms with van der Waals surface area (Å²) in [4.78, 5) is 7.14. The molecule has 3 aromatic rings. The minimum Gasteiger partial charge on any atom is -0.496 e. The summed E-state index contributed by atoms with van der Waals surface area (Å²) in [6.45, 7) is 6.73. The van der Waals surface area contributed by atoms with Gasteiger partial charge in [0.25, 0.3) is 0 Å². The Balaban J connectivity index is 1.46. The van der Waals surface area contributed by atoms with Crippen LogP contribution in [0.4, 0.5) is 11.6 Å². The van der Waals surface area contributed by atoms with Gasteiger partial charge in [-0.05, 0) is 55.9 Å². The van der Waals surface area contributed by atoms with E-state index in [1.807, 2.05) is 37.4 Å². The average Bonchev–Trinajstić information content (AvgIpc) is 2.85. The predicted molar refractivity (Wildman–Crippen MR) is 140 cm³/mol. The molecule has 0 spiro atoms. The lowest BCUT2D eigenvalue weighted by Crippen LogP contribution is -2.30. The lowest BCUT2D eigenvalue weighted by atomic mass is 10.1. The van der Waals surface area contributed by atoms with Gasteiger partial charge in [0, 0.05) is 31.6 Å². The first-order valence-corrected chi connectivity index (χ1v) is 12.0. The lowest BCUT2D eigenvalue weighted by Gasteiger charge is -2.28. The highest BCUT2D eigenvalue weighted by molar-refractivity contribution is 5.80. The topological polar surface area (TPSA) is 59.0 Å². The molecule has 1 N–H and O–H groups in total. The number of methoxy groups -OCH3 is 1. The summed E-state index contributed by atoms with van der Waals surface area (Å²) in [6, 6.07) is 18.5. The number of piperidine rings is 1. The number of benzene rings is 2. The summed E-state index contributed by atoms with van der Waals surface area (Å²) >= 11 is 0. The summed E-state index contributed by atoms with van der Waals surface area (Å²) in [5.74, 6) is 3.32. The van der Waals surface area contributed by atoms with Gasteiger partial charge >= 0.3 is 0 Å². The summed E-state index contributed by atoms with van der Waals surface area (Å²) in [6.07, 6.45) is 6.27. The predicted octanol–water partition coefficient (Wildman–Crippen LogP) is 5.76. The van der Waals surface area contributed by atoms with Crippen molar-refractivity contribution in [1.82, 2.24) is 4.98 Å². The second-order valence-corrected chi connectivity index (χ2v) is 8.78. The maximum absolute atomic E-state index is 6.17. The van der Waals surface area contributed by atoms with Crippen LogP contribution in [0.3, 0.4) is 0 Å². The quantitative estimate of drug-likeness (QED) is 0.326. The zero-order valence-electron chi connectivity index (χ0n) is 20.4. The third kappa shape index (κ3) is 6.50. The van der Waals surface area contributed by atoms with Crippen LogP contribution in [-0.4, -0.2) is 38.0 Å². The van der Waals surface area contributed by atoms with Crippen molar-refractivity contribution < 1.29 is 9.47 Å². The van der Waals surface area contributed by atoms with E-state index in [2.05, 4.69) is 52.7 Å². The summed E-state index contributed by atoms with van der Waals surface area (Å²) in [5.41, 5.74) is 7.67. The Hall–Kier alpha value is -3.54. The number of nitrogens with zero attached hydrogens (tertiary/aromatic N) is 3. The number of nitrogens with one attached hydrogen (secondary N) is 1. The van der Waals surface area contributed by atoms with E-state index in [-0.39, 0.29) is 0 Å². The van der Waals surface area contributed by atoms with Gasteiger partial charge in [0.1, 0.15) is 17.3 Å². The number of ether oxygens (including phenoxy) is 2. The molecule has 6 nitrogen and oxygen atoms in total. The molecule has 6 heteroatoms. The van der Waals surface area contributed by atoms with Gasteiger partial charge in [-0.3, -0.25) is 5.43 Å². The summed E-state index contributed by atoms with van der Waals surface area (Å²) in [7, 11) is 1.71. The van der Waals surface area contributed by atoms with Gasteiger partial charge in [0.15, 0.2) is 5.82 Å². The Morgan fingerprint density at radius 2 is 1.88 bits per heavy atom. The van der Waals surface area contributed by atoms with Gasteiger partial charge in [-0.2, -0.15) is 5.10 Å². The molecule has 0 bridgehead atoms. The SMILES string of the molecule is COc1cc(CCOc2cc(N/N=C/c3cccc(C)c3)nc(N3CCCCC3)c2)ccc1C. The molecule has 2 heterocycles. The minimum atomic E-state index is 0.571. The molecule has 1 aliphatic heterocycles. The molecule has 178 valence electrons. The number of aromatic nitrogens is 1. The van der Waals surface area contributed by atoms with Crippen LogP contribution in [-0.2, 0) is 6.42 Å². The number of hydrazone groups is 1. The van der Waals surface area contributed by atoms with Crippen molar-refractivity contribution in [2.24, 2.45) is 5.10 Å². The fourth-order valence-electron chi connectivity index (χ4n) is 4.15. The zero-order chi connectivity index (χ0) is 23.8. The van der Waals surface area contributed by atoms with E-state index < -0.39 is 0 Å². The average molecular weight is 459 g/mol. The van der Waals surface area contributed by atoms with Crippen molar-refractivity contribution in [1.29, 1.82) is 0 Å². The van der Waals surface area contributed by atoms with E-state index in [0.717, 1.165) is 48.0 Å². The van der Waals surface area contributed by atoms with E-state index >= 15 is 0 Å². The molecule has 0 radical (unpaired) electrons. The van der Waals surface area contributed by atoms with E-state index in [9.17, 15) is 0 Å². The van der Waals surface area contributed by atoms with Crippen molar-refractivity contribution in [3.63, 3.8) is 0 Å². The minimum absolute atomic E-state index is 0.571. The van der Waals surface area contributed by atoms with Crippen LogP contribution >= 0.6 is 0 Å². The molecule has 1 fully saturated rings. The molecule has 1 aromatic heterocycles. The van der Waals surface area contributed by atoms with Gasteiger partial charge < -0.3 is 14.4 Å². The van der Waals surface area contributed by atoms with E-state index in [0.29, 0.717) is 12.4 Å². The molecule has 0 unspecified atom stereocenters. The molecule has 0 atom stereocenters. The van der Waals surface area contributed by atoms with Gasteiger partial charge in [-0.1, -0.05) is 42.0 Å². The Bertz CT molecular complexity index is 1120. The largest absolute Gasteiger partial charge is 0.496 e. The molecule has 2 aromatic carbocycles. The lowest BCUT2D eigenvalue weighted by molar-refractivity contribution is 0.321. The Kier molecular flexibility index (Phi) is 8.02. The number of hydrogen-bond donors (Lipinski definition) is 1. The van der Waals surface area contributed by atoms with Crippen LogP contribution in [0.2, 0.25) is 0 Å². The molecule has 0 saturated carbocycles. The van der Waals surface area contributed by atoms with Crippen molar-refractivity contribution in [3.8, 4) is 11.5 Å². The van der Waals surface area contributed by atoms with Gasteiger partial charge in [-0.25, -0.2) is 4.98 Å². The Labute approximate surface area is 202 Å². The van der Waals surface area contributed by atoms with Crippen molar-refractivity contribution in [3.05, 3.63) is 76.9 Å². The third-order valence-electron chi connectivity index (χ3n) is 6.03. The third-order valence-corrected chi connectivity index (χ3v) is 6.03. The van der Waals surface area contributed by atoms with Gasteiger partial charge in [0.2, 0.25) is 0 Å². The van der Waals surface area contributed by atoms with Crippen LogP contribution in [0.25, 0.3) is 0 Å². The maximum atomic E-state index is 6.17. The number of pyridine rings is 1. The molecule has 34 heavy (non-hydrogen) atoms. The van der Waals surface area contributed by atoms with E-state index in [1.165, 1.54) is 30.4 Å². The first kappa shape index (κ1) is 23.6. The highest BCUT2D eigenvalue weighted by Gasteiger charge is 2.14. The molecular formula is C28H34N4O2. The standard InChI is InChI=1S/C28H34N4O2/c1-21-8-7-9-24(16-21)20-29-31-27-18-25(19-28(30-27)32-13-5-4-6-14-32)34-15-12-23-11-10-22(2)26(17-23)33-3/h7-11,16-20H,4-6,12-15H2,1-3H3,(H,30,31)/b29-20+. The second-order valence-electron chi connectivity index (χ2n) is 8.78. The number of rotatable bonds is 9. The normalized spacial score (nSPS) is 13.8. The molecule has 1 aliphatic rings. The fraction of sp³-hybridized carbons (Fsp3) is 0.357. The van der Waals surface area contributed by atoms with Crippen molar-refractivity contribution >= 4 is 17.9 Å². The van der Waals surface area contributed by atoms with Crippen LogP contribution in [0.5, 0.6) is 11.5 Å². The number of aryl methyl sites for hydroxylation is 2. The highest BCUT2D eigenvalue weighted by Crippen LogP contribution is 2.26. The number of hydrogen-bond acceptors (Lipinski definition) is 6. The Morgan fingerprint density at radius 3 is 2.68 bits per heavy atom. The smallest absolute Gasteiger partial charge is 0.152 e. The fourth-order valence-corrected chi connectivity index (χ4v) is 4.15. The van der Waals surface area contributed by atoms with Crippen molar-refractivity contribution in [2.45, 2.75) is 39.5 Å². The first-order valence-electron chi connectivity index (χ1n) is 12.0. The summed E-state index contributed by atoms with van der Waals surface area (Å²) < 4.78 is 11.6. The molecule has 4 rings (SSSR count). The molecular weight excluding hydrogens is 424 g/mol. The van der Waals surface area contributed by atoms with Crippen LogP contribution in [0, 0.1) is 13.8 Å². The van der Waals surface area contributed by atoms with Crippen LogP contribution in [0.15, 0.2) is 59.7 Å². The monoisotopic (exact) mass is 458 g/mol. The number of anilines is 2. The van der Waals surface area contributed by atoms with Crippen LogP contribution < -0.4 is 19.8 Å². The molecule has 1 saturated heterocycles. The maximum Gasteiger partial charge on any atom is 0.152 e. The van der Waals surface area contributed by atoms with Crippen molar-refractivity contribution in [2.75, 3.05) is 37.1 Å². The van der Waals surface area contributed by atoms with E-state index in [1.54, 1.807) is 7.11 Å². The second kappa shape index (κ2) is 11.5. The zero-order valence-corrected chi connectivity index (χ0v) is 20.4. The highest BCUT2D eigenvalue weighted by atomic mass is 16.5. The summed E-state index contributed by atoms with van der Waals surface area (Å²) in [5, 5.41) is 4.41. The molecule has 0 aliphatic carbocycles. The van der Waals surface area contributed by atoms with E-state index in [4.69, 9.17) is 14.5 Å². The van der Waals surface area contributed by atoms with Gasteiger partial charge in [0.05, 0.1) is 19.9 Å². The van der Waals surface area contributed by atoms with Crippen LogP contribution in [0.1, 0.15) is 41.5 Å². The Morgan fingerprint density at radius 1 is 1.03 bits per heavy atom. The molecule has 0 amide bonds. The van der Waals surface area contributed by atoms with Gasteiger partial charge in [-0.15, -0.1) is 0 Å². The first-order chi connectivity index (χ1) is 16.6.